The van der Waals surface area contributed by atoms with Crippen molar-refractivity contribution < 1.29 is 4.74 Å². The molecule has 0 fully saturated rings. The molecule has 0 radical (unpaired) electrons. The van der Waals surface area contributed by atoms with Crippen molar-refractivity contribution in [2.45, 2.75) is 20.0 Å². The van der Waals surface area contributed by atoms with E-state index < -0.39 is 0 Å². The monoisotopic (exact) mass is 446 g/mol. The molecule has 0 aliphatic rings. The van der Waals surface area contributed by atoms with E-state index in [-0.39, 0.29) is 6.10 Å². The van der Waals surface area contributed by atoms with Gasteiger partial charge in [0.05, 0.1) is 6.10 Å². The summed E-state index contributed by atoms with van der Waals surface area (Å²) in [6, 6.07) is 43.1. The van der Waals surface area contributed by atoms with E-state index in [2.05, 4.69) is 65.2 Å². The van der Waals surface area contributed by atoms with Crippen molar-refractivity contribution in [3.8, 4) is 5.75 Å². The Morgan fingerprint density at radius 1 is 0.500 bits per heavy atom. The highest BCUT2D eigenvalue weighted by Gasteiger charge is 2.00. The first-order valence-electron chi connectivity index (χ1n) is 11.6. The quantitative estimate of drug-likeness (QED) is 0.273. The van der Waals surface area contributed by atoms with Crippen LogP contribution in [0.15, 0.2) is 127 Å². The van der Waals surface area contributed by atoms with Gasteiger partial charge in [-0.2, -0.15) is 0 Å². The van der Waals surface area contributed by atoms with Crippen LogP contribution >= 0.6 is 0 Å². The lowest BCUT2D eigenvalue weighted by atomic mass is 10.1. The third-order valence-corrected chi connectivity index (χ3v) is 5.13. The third-order valence-electron chi connectivity index (χ3n) is 5.13. The summed E-state index contributed by atoms with van der Waals surface area (Å²) < 4.78 is 5.59. The van der Waals surface area contributed by atoms with Gasteiger partial charge < -0.3 is 15.4 Å². The fourth-order valence-corrected chi connectivity index (χ4v) is 3.59. The summed E-state index contributed by atoms with van der Waals surface area (Å²) in [6.45, 7) is 4.05. The van der Waals surface area contributed by atoms with Gasteiger partial charge in [0.15, 0.2) is 0 Å². The van der Waals surface area contributed by atoms with Crippen LogP contribution in [-0.2, 0) is 0 Å². The van der Waals surface area contributed by atoms with Crippen molar-refractivity contribution in [2.75, 3.05) is 10.6 Å². The van der Waals surface area contributed by atoms with Crippen LogP contribution in [0.1, 0.15) is 13.8 Å². The lowest BCUT2D eigenvalue weighted by molar-refractivity contribution is 0.242. The zero-order valence-corrected chi connectivity index (χ0v) is 19.6. The van der Waals surface area contributed by atoms with Gasteiger partial charge >= 0.3 is 0 Å². The maximum absolute atomic E-state index is 5.59. The van der Waals surface area contributed by atoms with E-state index >= 15 is 0 Å². The second kappa shape index (κ2) is 11.6. The van der Waals surface area contributed by atoms with Crippen molar-refractivity contribution in [1.82, 2.24) is 0 Å². The second-order valence-corrected chi connectivity index (χ2v) is 8.20. The van der Waals surface area contributed by atoms with Crippen LogP contribution in [0, 0.1) is 0 Å². The van der Waals surface area contributed by atoms with Gasteiger partial charge in [-0.25, -0.2) is 0 Å². The minimum Gasteiger partial charge on any atom is -0.491 e. The molecule has 0 saturated heterocycles. The average molecular weight is 447 g/mol. The molecule has 170 valence electrons. The molecule has 2 N–H and O–H groups in total. The summed E-state index contributed by atoms with van der Waals surface area (Å²) in [5.74, 6) is 0.901. The molecular weight excluding hydrogens is 416 g/mol. The highest BCUT2D eigenvalue weighted by atomic mass is 16.5. The molecule has 5 aromatic rings. The lowest BCUT2D eigenvalue weighted by Crippen LogP contribution is -2.05. The Bertz CT molecular complexity index is 1280. The topological polar surface area (TPSA) is 33.3 Å². The number of fused-ring (bicyclic) bond motifs is 1. The molecule has 0 aliphatic carbocycles. The molecule has 3 nitrogen and oxygen atoms in total. The molecule has 0 atom stereocenters. The number of ether oxygens (including phenoxy) is 1. The number of hydrogen-bond acceptors (Lipinski definition) is 3. The number of hydrogen-bond donors (Lipinski definition) is 2. The van der Waals surface area contributed by atoms with Gasteiger partial charge in [-0.1, -0.05) is 72.8 Å². The molecule has 0 spiro atoms. The first-order chi connectivity index (χ1) is 16.7. The second-order valence-electron chi connectivity index (χ2n) is 8.20. The third kappa shape index (κ3) is 6.63. The van der Waals surface area contributed by atoms with Gasteiger partial charge in [0.2, 0.25) is 0 Å². The summed E-state index contributed by atoms with van der Waals surface area (Å²) >= 11 is 0. The molecule has 5 aromatic carbocycles. The van der Waals surface area contributed by atoms with Gasteiger partial charge in [-0.3, -0.25) is 0 Å². The number of nitrogens with one attached hydrogen (secondary N) is 2. The Morgan fingerprint density at radius 3 is 1.68 bits per heavy atom. The first kappa shape index (κ1) is 22.9. The zero-order chi connectivity index (χ0) is 23.6. The molecule has 0 bridgehead atoms. The Labute approximate surface area is 202 Å². The minimum absolute atomic E-state index is 0.211. The number of rotatable bonds is 6. The minimum atomic E-state index is 0.211. The van der Waals surface area contributed by atoms with Gasteiger partial charge in [-0.05, 0) is 73.8 Å². The Kier molecular flexibility index (Phi) is 7.81. The summed E-state index contributed by atoms with van der Waals surface area (Å²) in [7, 11) is 0. The van der Waals surface area contributed by atoms with E-state index in [1.54, 1.807) is 0 Å². The van der Waals surface area contributed by atoms with Crippen LogP contribution in [0.25, 0.3) is 10.8 Å². The Hall–Kier alpha value is -4.24. The maximum atomic E-state index is 5.59. The van der Waals surface area contributed by atoms with E-state index in [1.807, 2.05) is 86.6 Å². The predicted molar refractivity (Wildman–Crippen MR) is 146 cm³/mol. The summed E-state index contributed by atoms with van der Waals surface area (Å²) in [4.78, 5) is 0. The molecule has 0 heterocycles. The van der Waals surface area contributed by atoms with Gasteiger partial charge in [0.1, 0.15) is 5.75 Å². The number of anilines is 4. The van der Waals surface area contributed by atoms with Gasteiger partial charge in [0.25, 0.3) is 0 Å². The molecule has 5 rings (SSSR count). The van der Waals surface area contributed by atoms with Crippen molar-refractivity contribution in [1.29, 1.82) is 0 Å². The summed E-state index contributed by atoms with van der Waals surface area (Å²) in [6.07, 6.45) is 0.211. The predicted octanol–water partition coefficient (Wildman–Crippen LogP) is 8.80. The van der Waals surface area contributed by atoms with Crippen LogP contribution in [-0.4, -0.2) is 6.10 Å². The Balaban J connectivity index is 0.000000161. The molecular formula is C31H30N2O. The fraction of sp³-hybridized carbons (Fsp3) is 0.0968. The lowest BCUT2D eigenvalue weighted by Gasteiger charge is -2.11. The zero-order valence-electron chi connectivity index (χ0n) is 19.6. The molecule has 0 amide bonds. The molecule has 34 heavy (non-hydrogen) atoms. The van der Waals surface area contributed by atoms with Crippen LogP contribution in [0.2, 0.25) is 0 Å². The highest BCUT2D eigenvalue weighted by molar-refractivity contribution is 5.95. The van der Waals surface area contributed by atoms with Crippen LogP contribution in [0.4, 0.5) is 22.7 Å². The highest BCUT2D eigenvalue weighted by Crippen LogP contribution is 2.26. The largest absolute Gasteiger partial charge is 0.491 e. The van der Waals surface area contributed by atoms with Crippen molar-refractivity contribution >= 4 is 33.5 Å². The van der Waals surface area contributed by atoms with Gasteiger partial charge in [-0.15, -0.1) is 0 Å². The maximum Gasteiger partial charge on any atom is 0.119 e. The van der Waals surface area contributed by atoms with E-state index in [1.165, 1.54) is 10.8 Å². The summed E-state index contributed by atoms with van der Waals surface area (Å²) in [5.41, 5.74) is 4.41. The average Bonchev–Trinajstić information content (AvgIpc) is 2.87. The first-order valence-corrected chi connectivity index (χ1v) is 11.6. The normalized spacial score (nSPS) is 10.3. The molecule has 0 aliphatic heterocycles. The molecule has 0 aromatic heterocycles. The fourth-order valence-electron chi connectivity index (χ4n) is 3.59. The standard InChI is InChI=1S/C16H13N.C15H17NO/c1-2-9-14(10-3-1)17-16-12-6-8-13-7-4-5-11-15(13)16;1-12(2)17-15-10-8-14(9-11-15)16-13-6-4-3-5-7-13/h1-12,17H;3-12,16H,1-2H3. The smallest absolute Gasteiger partial charge is 0.119 e. The van der Waals surface area contributed by atoms with E-state index in [0.29, 0.717) is 0 Å². The van der Waals surface area contributed by atoms with Crippen molar-refractivity contribution in [3.05, 3.63) is 127 Å². The number of para-hydroxylation sites is 2. The van der Waals surface area contributed by atoms with Crippen molar-refractivity contribution in [3.63, 3.8) is 0 Å². The van der Waals surface area contributed by atoms with Crippen LogP contribution in [0.3, 0.4) is 0 Å². The van der Waals surface area contributed by atoms with Gasteiger partial charge in [0, 0.05) is 28.1 Å². The molecule has 3 heteroatoms. The number of benzene rings is 5. The summed E-state index contributed by atoms with van der Waals surface area (Å²) in [5, 5.41) is 9.28. The van der Waals surface area contributed by atoms with E-state index in [4.69, 9.17) is 4.74 Å². The van der Waals surface area contributed by atoms with Crippen LogP contribution in [0.5, 0.6) is 5.75 Å². The van der Waals surface area contributed by atoms with E-state index in [0.717, 1.165) is 28.5 Å². The van der Waals surface area contributed by atoms with Crippen LogP contribution < -0.4 is 15.4 Å². The SMILES string of the molecule is CC(C)Oc1ccc(Nc2ccccc2)cc1.c1ccc(Nc2cccc3ccccc23)cc1. The Morgan fingerprint density at radius 2 is 1.03 bits per heavy atom. The molecule has 0 saturated carbocycles. The van der Waals surface area contributed by atoms with E-state index in [9.17, 15) is 0 Å². The van der Waals surface area contributed by atoms with Crippen molar-refractivity contribution in [2.24, 2.45) is 0 Å². The molecule has 0 unspecified atom stereocenters.